The molecule has 112 valence electrons. The van der Waals surface area contributed by atoms with Gasteiger partial charge in [-0.1, -0.05) is 6.07 Å². The Kier molecular flexibility index (Phi) is 5.01. The second-order valence-corrected chi connectivity index (χ2v) is 6.80. The van der Waals surface area contributed by atoms with Crippen molar-refractivity contribution in [3.8, 4) is 0 Å². The minimum absolute atomic E-state index is 0.146. The Morgan fingerprint density at radius 1 is 1.45 bits per heavy atom. The van der Waals surface area contributed by atoms with Gasteiger partial charge < -0.3 is 10.1 Å². The summed E-state index contributed by atoms with van der Waals surface area (Å²) in [6.45, 7) is 3.29. The van der Waals surface area contributed by atoms with Gasteiger partial charge in [-0.2, -0.15) is 0 Å². The first-order chi connectivity index (χ1) is 9.54. The summed E-state index contributed by atoms with van der Waals surface area (Å²) in [4.78, 5) is 0.395. The zero-order chi connectivity index (χ0) is 14.6. The average molecular weight is 298 g/mol. The van der Waals surface area contributed by atoms with Crippen molar-refractivity contribution >= 4 is 15.7 Å². The third kappa shape index (κ3) is 3.50. The van der Waals surface area contributed by atoms with Gasteiger partial charge in [0.1, 0.15) is 0 Å². The minimum atomic E-state index is -3.48. The van der Waals surface area contributed by atoms with Crippen LogP contribution in [0.4, 0.5) is 5.69 Å². The van der Waals surface area contributed by atoms with Crippen molar-refractivity contribution in [2.45, 2.75) is 37.1 Å². The summed E-state index contributed by atoms with van der Waals surface area (Å²) in [5.41, 5.74) is 1.83. The third-order valence-electron chi connectivity index (χ3n) is 3.45. The summed E-state index contributed by atoms with van der Waals surface area (Å²) in [6, 6.07) is 5.25. The molecule has 1 aliphatic rings. The van der Waals surface area contributed by atoms with Crippen molar-refractivity contribution in [2.75, 3.05) is 25.6 Å². The predicted octanol–water partition coefficient (Wildman–Crippen LogP) is 1.75. The molecule has 6 heteroatoms. The summed E-state index contributed by atoms with van der Waals surface area (Å²) in [5, 5.41) is 3.25. The molecular formula is C14H22N2O3S. The van der Waals surface area contributed by atoms with Crippen LogP contribution in [0.25, 0.3) is 0 Å². The van der Waals surface area contributed by atoms with Gasteiger partial charge in [-0.3, -0.25) is 0 Å². The molecule has 1 heterocycles. The maximum Gasteiger partial charge on any atom is 0.241 e. The second-order valence-electron chi connectivity index (χ2n) is 5.12. The standard InChI is InChI=1S/C14H22N2O3S/c1-11(8-10-19-2)16-20(17,18)14-7-3-6-13-12(14)5-4-9-15-13/h3,6-7,11,15-16H,4-5,8-10H2,1-2H3. The fourth-order valence-electron chi connectivity index (χ4n) is 2.41. The molecule has 1 aliphatic heterocycles. The third-order valence-corrected chi connectivity index (χ3v) is 5.13. The van der Waals surface area contributed by atoms with Crippen molar-refractivity contribution in [3.05, 3.63) is 23.8 Å². The van der Waals surface area contributed by atoms with Gasteiger partial charge >= 0.3 is 0 Å². The van der Waals surface area contributed by atoms with E-state index in [-0.39, 0.29) is 6.04 Å². The lowest BCUT2D eigenvalue weighted by Gasteiger charge is -2.22. The molecule has 0 aromatic heterocycles. The zero-order valence-electron chi connectivity index (χ0n) is 12.0. The zero-order valence-corrected chi connectivity index (χ0v) is 12.8. The van der Waals surface area contributed by atoms with E-state index >= 15 is 0 Å². The Balaban J connectivity index is 2.21. The molecule has 1 atom stereocenters. The molecule has 0 radical (unpaired) electrons. The van der Waals surface area contributed by atoms with Crippen LogP contribution in [0.1, 0.15) is 25.3 Å². The Morgan fingerprint density at radius 3 is 3.00 bits per heavy atom. The number of ether oxygens (including phenoxy) is 1. The van der Waals surface area contributed by atoms with Gasteiger partial charge in [-0.05, 0) is 43.9 Å². The van der Waals surface area contributed by atoms with Gasteiger partial charge in [0.05, 0.1) is 4.90 Å². The number of sulfonamides is 1. The van der Waals surface area contributed by atoms with Crippen LogP contribution in [0.5, 0.6) is 0 Å². The van der Waals surface area contributed by atoms with E-state index in [4.69, 9.17) is 4.74 Å². The normalized spacial score (nSPS) is 16.3. The molecule has 0 saturated heterocycles. The van der Waals surface area contributed by atoms with Crippen LogP contribution >= 0.6 is 0 Å². The fourth-order valence-corrected chi connectivity index (χ4v) is 3.98. The number of nitrogens with one attached hydrogen (secondary N) is 2. The highest BCUT2D eigenvalue weighted by atomic mass is 32.2. The van der Waals surface area contributed by atoms with Crippen LogP contribution in [-0.4, -0.2) is 34.7 Å². The van der Waals surface area contributed by atoms with E-state index in [1.54, 1.807) is 19.2 Å². The molecule has 1 unspecified atom stereocenters. The minimum Gasteiger partial charge on any atom is -0.385 e. The predicted molar refractivity (Wildman–Crippen MR) is 79.5 cm³/mol. The monoisotopic (exact) mass is 298 g/mol. The molecule has 1 aromatic carbocycles. The molecule has 0 fully saturated rings. The molecule has 0 aliphatic carbocycles. The van der Waals surface area contributed by atoms with Crippen LogP contribution in [-0.2, 0) is 21.2 Å². The highest BCUT2D eigenvalue weighted by molar-refractivity contribution is 7.89. The van der Waals surface area contributed by atoms with Gasteiger partial charge in [0.25, 0.3) is 0 Å². The van der Waals surface area contributed by atoms with Gasteiger partial charge in [0.2, 0.25) is 10.0 Å². The number of benzene rings is 1. The Hall–Kier alpha value is -1.11. The van der Waals surface area contributed by atoms with Crippen molar-refractivity contribution in [3.63, 3.8) is 0 Å². The highest BCUT2D eigenvalue weighted by Gasteiger charge is 2.23. The summed E-state index contributed by atoms with van der Waals surface area (Å²) in [6.07, 6.45) is 2.41. The first-order valence-electron chi connectivity index (χ1n) is 6.91. The lowest BCUT2D eigenvalue weighted by atomic mass is 10.0. The number of methoxy groups -OCH3 is 1. The van der Waals surface area contributed by atoms with Crippen LogP contribution < -0.4 is 10.0 Å². The van der Waals surface area contributed by atoms with E-state index in [1.165, 1.54) is 0 Å². The second kappa shape index (κ2) is 6.56. The lowest BCUT2D eigenvalue weighted by molar-refractivity contribution is 0.188. The highest BCUT2D eigenvalue weighted by Crippen LogP contribution is 2.28. The number of rotatable bonds is 6. The number of hydrogen-bond acceptors (Lipinski definition) is 4. The van der Waals surface area contributed by atoms with Gasteiger partial charge in [0, 0.05) is 32.0 Å². The molecule has 0 saturated carbocycles. The van der Waals surface area contributed by atoms with E-state index in [2.05, 4.69) is 10.0 Å². The van der Waals surface area contributed by atoms with Crippen LogP contribution in [0.3, 0.4) is 0 Å². The quantitative estimate of drug-likeness (QED) is 0.839. The largest absolute Gasteiger partial charge is 0.385 e. The van der Waals surface area contributed by atoms with Crippen molar-refractivity contribution in [1.82, 2.24) is 4.72 Å². The Labute approximate surface area is 120 Å². The molecule has 2 N–H and O–H groups in total. The summed E-state index contributed by atoms with van der Waals surface area (Å²) < 4.78 is 32.7. The van der Waals surface area contributed by atoms with Crippen LogP contribution in [0, 0.1) is 0 Å². The van der Waals surface area contributed by atoms with Gasteiger partial charge in [-0.15, -0.1) is 0 Å². The molecule has 1 aromatic rings. The smallest absolute Gasteiger partial charge is 0.241 e. The Bertz CT molecular complexity index is 558. The van der Waals surface area contributed by atoms with Crippen LogP contribution in [0.15, 0.2) is 23.1 Å². The first-order valence-corrected chi connectivity index (χ1v) is 8.40. The number of anilines is 1. The lowest BCUT2D eigenvalue weighted by Crippen LogP contribution is -2.34. The van der Waals surface area contributed by atoms with Crippen molar-refractivity contribution < 1.29 is 13.2 Å². The molecule has 5 nitrogen and oxygen atoms in total. The molecule has 0 amide bonds. The molecule has 0 spiro atoms. The fraction of sp³-hybridized carbons (Fsp3) is 0.571. The van der Waals surface area contributed by atoms with E-state index in [9.17, 15) is 8.42 Å². The maximum absolute atomic E-state index is 12.5. The van der Waals surface area contributed by atoms with E-state index in [0.29, 0.717) is 17.9 Å². The van der Waals surface area contributed by atoms with Crippen LogP contribution in [0.2, 0.25) is 0 Å². The first kappa shape index (κ1) is 15.3. The molecule has 0 bridgehead atoms. The van der Waals surface area contributed by atoms with Gasteiger partial charge in [-0.25, -0.2) is 13.1 Å². The molecule has 2 rings (SSSR count). The SMILES string of the molecule is COCCC(C)NS(=O)(=O)c1cccc2c1CCCN2. The Morgan fingerprint density at radius 2 is 2.25 bits per heavy atom. The van der Waals surface area contributed by atoms with Gasteiger partial charge in [0.15, 0.2) is 0 Å². The summed E-state index contributed by atoms with van der Waals surface area (Å²) >= 11 is 0. The van der Waals surface area contributed by atoms with E-state index in [0.717, 1.165) is 30.6 Å². The molecular weight excluding hydrogens is 276 g/mol. The number of hydrogen-bond donors (Lipinski definition) is 2. The van der Waals surface area contributed by atoms with E-state index in [1.807, 2.05) is 13.0 Å². The summed E-state index contributed by atoms with van der Waals surface area (Å²) in [5.74, 6) is 0. The summed E-state index contributed by atoms with van der Waals surface area (Å²) in [7, 11) is -1.87. The van der Waals surface area contributed by atoms with E-state index < -0.39 is 10.0 Å². The van der Waals surface area contributed by atoms with Crippen molar-refractivity contribution in [2.24, 2.45) is 0 Å². The topological polar surface area (TPSA) is 67.4 Å². The number of fused-ring (bicyclic) bond motifs is 1. The molecule has 20 heavy (non-hydrogen) atoms. The average Bonchev–Trinajstić information content (AvgIpc) is 2.44. The maximum atomic E-state index is 12.5. The van der Waals surface area contributed by atoms with Crippen molar-refractivity contribution in [1.29, 1.82) is 0 Å².